The summed E-state index contributed by atoms with van der Waals surface area (Å²) in [6.45, 7) is 0.268. The van der Waals surface area contributed by atoms with E-state index in [2.05, 4.69) is 4.98 Å². The lowest BCUT2D eigenvalue weighted by Crippen LogP contribution is -1.99. The van der Waals surface area contributed by atoms with Crippen molar-refractivity contribution in [2.45, 2.75) is 12.8 Å². The Bertz CT molecular complexity index is 867. The number of benzene rings is 2. The van der Waals surface area contributed by atoms with Crippen LogP contribution in [0.1, 0.15) is 12.2 Å². The molecule has 0 spiro atoms. The van der Waals surface area contributed by atoms with E-state index in [-0.39, 0.29) is 6.79 Å². The van der Waals surface area contributed by atoms with Gasteiger partial charge in [0.05, 0.1) is 11.2 Å². The monoisotopic (exact) mass is 326 g/mol. The second-order valence-electron chi connectivity index (χ2n) is 5.37. The Morgan fingerprint density at radius 1 is 1.00 bits per heavy atom. The summed E-state index contributed by atoms with van der Waals surface area (Å²) < 4.78 is 10.9. The lowest BCUT2D eigenvalue weighted by Gasteiger charge is -2.09. The summed E-state index contributed by atoms with van der Waals surface area (Å²) >= 11 is 5.80. The van der Waals surface area contributed by atoms with Crippen molar-refractivity contribution in [2.24, 2.45) is 0 Å². The molecule has 0 aliphatic carbocycles. The van der Waals surface area contributed by atoms with Gasteiger partial charge in [0.1, 0.15) is 5.82 Å². The SMILES string of the molecule is ClCCCc1nc(-c2ccc3c(c2)OCO3)c2ccccc2n1. The molecule has 0 N–H and O–H groups in total. The Balaban J connectivity index is 1.87. The Labute approximate surface area is 139 Å². The number of nitrogens with zero attached hydrogens (tertiary/aromatic N) is 2. The fraction of sp³-hybridized carbons (Fsp3) is 0.222. The third-order valence-electron chi connectivity index (χ3n) is 3.83. The van der Waals surface area contributed by atoms with E-state index in [1.54, 1.807) is 0 Å². The van der Waals surface area contributed by atoms with E-state index in [0.29, 0.717) is 5.88 Å². The number of hydrogen-bond acceptors (Lipinski definition) is 4. The Morgan fingerprint density at radius 2 is 1.87 bits per heavy atom. The largest absolute Gasteiger partial charge is 0.454 e. The van der Waals surface area contributed by atoms with E-state index in [0.717, 1.165) is 52.3 Å². The van der Waals surface area contributed by atoms with E-state index in [9.17, 15) is 0 Å². The summed E-state index contributed by atoms with van der Waals surface area (Å²) in [5, 5.41) is 1.03. The molecule has 2 aromatic carbocycles. The Hall–Kier alpha value is -2.33. The van der Waals surface area contributed by atoms with Crippen LogP contribution in [0.25, 0.3) is 22.2 Å². The van der Waals surface area contributed by atoms with Crippen LogP contribution in [0, 0.1) is 0 Å². The smallest absolute Gasteiger partial charge is 0.231 e. The highest BCUT2D eigenvalue weighted by Gasteiger charge is 2.16. The number of aromatic nitrogens is 2. The molecule has 1 aliphatic rings. The van der Waals surface area contributed by atoms with E-state index in [1.165, 1.54) is 0 Å². The van der Waals surface area contributed by atoms with E-state index < -0.39 is 0 Å². The van der Waals surface area contributed by atoms with Crippen molar-refractivity contribution >= 4 is 22.5 Å². The molecule has 0 amide bonds. The summed E-state index contributed by atoms with van der Waals surface area (Å²) in [7, 11) is 0. The molecule has 0 bridgehead atoms. The van der Waals surface area contributed by atoms with Gasteiger partial charge in [-0.1, -0.05) is 18.2 Å². The standard InChI is InChI=1S/C18H15ClN2O2/c19-9-3-6-17-20-14-5-2-1-4-13(14)18(21-17)12-7-8-15-16(10-12)23-11-22-15/h1-2,4-5,7-8,10H,3,6,9,11H2. The number of hydrogen-bond donors (Lipinski definition) is 0. The first-order valence-electron chi connectivity index (χ1n) is 7.57. The molecule has 23 heavy (non-hydrogen) atoms. The number of ether oxygens (including phenoxy) is 2. The van der Waals surface area contributed by atoms with Gasteiger partial charge in [0, 0.05) is 23.3 Å². The van der Waals surface area contributed by atoms with E-state index in [4.69, 9.17) is 26.1 Å². The van der Waals surface area contributed by atoms with Crippen LogP contribution in [0.3, 0.4) is 0 Å². The topological polar surface area (TPSA) is 44.2 Å². The van der Waals surface area contributed by atoms with Crippen molar-refractivity contribution in [3.05, 3.63) is 48.3 Å². The zero-order chi connectivity index (χ0) is 15.6. The molecule has 0 unspecified atom stereocenters. The molecule has 1 aromatic heterocycles. The summed E-state index contributed by atoms with van der Waals surface area (Å²) in [5.41, 5.74) is 2.86. The second kappa shape index (κ2) is 6.05. The number of alkyl halides is 1. The molecule has 0 atom stereocenters. The van der Waals surface area contributed by atoms with Gasteiger partial charge in [-0.2, -0.15) is 0 Å². The number of rotatable bonds is 4. The van der Waals surface area contributed by atoms with Crippen LogP contribution < -0.4 is 9.47 Å². The van der Waals surface area contributed by atoms with Crippen molar-refractivity contribution in [3.8, 4) is 22.8 Å². The summed E-state index contributed by atoms with van der Waals surface area (Å²) in [5.74, 6) is 2.95. The molecule has 116 valence electrons. The quantitative estimate of drug-likeness (QED) is 0.674. The van der Waals surface area contributed by atoms with Gasteiger partial charge in [0.25, 0.3) is 0 Å². The van der Waals surface area contributed by atoms with Crippen molar-refractivity contribution in [1.29, 1.82) is 0 Å². The van der Waals surface area contributed by atoms with Crippen LogP contribution in [-0.2, 0) is 6.42 Å². The Kier molecular flexibility index (Phi) is 3.75. The zero-order valence-corrected chi connectivity index (χ0v) is 13.2. The van der Waals surface area contributed by atoms with Gasteiger partial charge in [-0.05, 0) is 30.7 Å². The molecule has 0 fully saturated rings. The van der Waals surface area contributed by atoms with Gasteiger partial charge >= 0.3 is 0 Å². The van der Waals surface area contributed by atoms with Crippen LogP contribution in [-0.4, -0.2) is 22.6 Å². The maximum atomic E-state index is 5.80. The van der Waals surface area contributed by atoms with Crippen LogP contribution in [0.2, 0.25) is 0 Å². The summed E-state index contributed by atoms with van der Waals surface area (Å²) in [4.78, 5) is 9.41. The molecule has 4 nitrogen and oxygen atoms in total. The third kappa shape index (κ3) is 2.70. The second-order valence-corrected chi connectivity index (χ2v) is 5.74. The maximum absolute atomic E-state index is 5.80. The van der Waals surface area contributed by atoms with Gasteiger partial charge in [0.15, 0.2) is 11.5 Å². The van der Waals surface area contributed by atoms with E-state index in [1.807, 2.05) is 42.5 Å². The highest BCUT2D eigenvalue weighted by Crippen LogP contribution is 2.37. The minimum Gasteiger partial charge on any atom is -0.454 e. The minimum absolute atomic E-state index is 0.268. The van der Waals surface area contributed by atoms with Crippen LogP contribution in [0.5, 0.6) is 11.5 Å². The van der Waals surface area contributed by atoms with Crippen molar-refractivity contribution in [3.63, 3.8) is 0 Å². The average Bonchev–Trinajstić information content (AvgIpc) is 3.07. The van der Waals surface area contributed by atoms with Gasteiger partial charge in [-0.25, -0.2) is 9.97 Å². The molecule has 5 heteroatoms. The summed E-state index contributed by atoms with van der Waals surface area (Å²) in [6, 6.07) is 14.0. The zero-order valence-electron chi connectivity index (χ0n) is 12.5. The normalized spacial score (nSPS) is 12.7. The van der Waals surface area contributed by atoms with Gasteiger partial charge in [-0.15, -0.1) is 11.6 Å². The molecule has 0 saturated carbocycles. The molecular formula is C18H15ClN2O2. The first kappa shape index (κ1) is 14.3. The van der Waals surface area contributed by atoms with Gasteiger partial charge in [-0.3, -0.25) is 0 Å². The molecule has 0 saturated heterocycles. The molecule has 4 rings (SSSR count). The van der Waals surface area contributed by atoms with E-state index >= 15 is 0 Å². The predicted molar refractivity (Wildman–Crippen MR) is 90.1 cm³/mol. The number of fused-ring (bicyclic) bond motifs is 2. The molecule has 0 radical (unpaired) electrons. The van der Waals surface area contributed by atoms with Crippen LogP contribution in [0.15, 0.2) is 42.5 Å². The first-order chi connectivity index (χ1) is 11.3. The lowest BCUT2D eigenvalue weighted by atomic mass is 10.1. The van der Waals surface area contributed by atoms with Gasteiger partial charge in [0.2, 0.25) is 6.79 Å². The average molecular weight is 327 g/mol. The molecule has 2 heterocycles. The Morgan fingerprint density at radius 3 is 2.78 bits per heavy atom. The number of halogens is 1. The highest BCUT2D eigenvalue weighted by atomic mass is 35.5. The van der Waals surface area contributed by atoms with Crippen LogP contribution in [0.4, 0.5) is 0 Å². The first-order valence-corrected chi connectivity index (χ1v) is 8.10. The fourth-order valence-electron chi connectivity index (χ4n) is 2.73. The maximum Gasteiger partial charge on any atom is 0.231 e. The molecule has 1 aliphatic heterocycles. The highest BCUT2D eigenvalue weighted by molar-refractivity contribution is 6.17. The van der Waals surface area contributed by atoms with Crippen molar-refractivity contribution < 1.29 is 9.47 Å². The fourth-order valence-corrected chi connectivity index (χ4v) is 2.86. The number of aryl methyl sites for hydroxylation is 1. The van der Waals surface area contributed by atoms with Crippen LogP contribution >= 0.6 is 11.6 Å². The minimum atomic E-state index is 0.268. The predicted octanol–water partition coefficient (Wildman–Crippen LogP) is 4.20. The van der Waals surface area contributed by atoms with Gasteiger partial charge < -0.3 is 9.47 Å². The molecular weight excluding hydrogens is 312 g/mol. The van der Waals surface area contributed by atoms with Crippen molar-refractivity contribution in [2.75, 3.05) is 12.7 Å². The molecule has 3 aromatic rings. The third-order valence-corrected chi connectivity index (χ3v) is 4.10. The lowest BCUT2D eigenvalue weighted by molar-refractivity contribution is 0.174. The summed E-state index contributed by atoms with van der Waals surface area (Å²) in [6.07, 6.45) is 1.63. The van der Waals surface area contributed by atoms with Crippen molar-refractivity contribution in [1.82, 2.24) is 9.97 Å². The number of para-hydroxylation sites is 1.